The van der Waals surface area contributed by atoms with Gasteiger partial charge in [-0.05, 0) is 31.2 Å². The predicted molar refractivity (Wildman–Crippen MR) is 101 cm³/mol. The molecule has 0 bridgehead atoms. The Morgan fingerprint density at radius 1 is 1.04 bits per heavy atom. The second-order valence-electron chi connectivity index (χ2n) is 7.40. The largest absolute Gasteiger partial charge is 0.373 e. The molecule has 5 nitrogen and oxygen atoms in total. The normalized spacial score (nSPS) is 19.8. The number of piperidine rings is 1. The van der Waals surface area contributed by atoms with Crippen molar-refractivity contribution in [2.24, 2.45) is 0 Å². The van der Waals surface area contributed by atoms with Gasteiger partial charge in [-0.25, -0.2) is 8.42 Å². The number of amides is 1. The summed E-state index contributed by atoms with van der Waals surface area (Å²) >= 11 is 0. The average molecular weight is 380 g/mol. The van der Waals surface area contributed by atoms with E-state index in [0.29, 0.717) is 19.7 Å². The number of likely N-dealkylation sites (tertiary alicyclic amines) is 1. The molecule has 144 valence electrons. The highest BCUT2D eigenvalue weighted by Gasteiger charge is 2.30. The van der Waals surface area contributed by atoms with Gasteiger partial charge in [0.2, 0.25) is 5.91 Å². The smallest absolute Gasteiger partial charge is 0.223 e. The molecular formula is C20H29NO4S. The van der Waals surface area contributed by atoms with Crippen LogP contribution in [0.5, 0.6) is 0 Å². The highest BCUT2D eigenvalue weighted by Crippen LogP contribution is 2.26. The summed E-state index contributed by atoms with van der Waals surface area (Å²) in [6, 6.07) is 10.1. The van der Waals surface area contributed by atoms with Crippen LogP contribution in [0.2, 0.25) is 0 Å². The van der Waals surface area contributed by atoms with Gasteiger partial charge >= 0.3 is 0 Å². The first-order chi connectivity index (χ1) is 12.5. The van der Waals surface area contributed by atoms with Crippen LogP contribution in [-0.4, -0.2) is 49.4 Å². The molecule has 0 N–H and O–H groups in total. The molecule has 1 aromatic rings. The van der Waals surface area contributed by atoms with Crippen LogP contribution in [-0.2, 0) is 26.0 Å². The summed E-state index contributed by atoms with van der Waals surface area (Å²) in [7, 11) is -3.12. The first-order valence-corrected chi connectivity index (χ1v) is 11.4. The van der Waals surface area contributed by atoms with Gasteiger partial charge in [-0.1, -0.05) is 43.2 Å². The van der Waals surface area contributed by atoms with Crippen molar-refractivity contribution in [3.63, 3.8) is 0 Å². The van der Waals surface area contributed by atoms with Crippen LogP contribution < -0.4 is 0 Å². The summed E-state index contributed by atoms with van der Waals surface area (Å²) in [5.41, 5.74) is 1.16. The fourth-order valence-corrected chi connectivity index (χ4v) is 5.71. The third-order valence-corrected chi connectivity index (χ3v) is 7.79. The number of carbonyl (C=O) groups is 1. The Labute approximate surface area is 156 Å². The number of benzene rings is 1. The fraction of sp³-hybridized carbons (Fsp3) is 0.650. The van der Waals surface area contributed by atoms with Crippen LogP contribution in [0.4, 0.5) is 0 Å². The lowest BCUT2D eigenvalue weighted by atomic mass is 10.1. The highest BCUT2D eigenvalue weighted by molar-refractivity contribution is 7.92. The van der Waals surface area contributed by atoms with E-state index < -0.39 is 9.84 Å². The number of nitrogens with zero attached hydrogens (tertiary/aromatic N) is 1. The Bertz CT molecular complexity index is 675. The van der Waals surface area contributed by atoms with Crippen LogP contribution in [0.1, 0.15) is 50.5 Å². The number of carbonyl (C=O) groups excluding carboxylic acids is 1. The monoisotopic (exact) mass is 379 g/mol. The van der Waals surface area contributed by atoms with Gasteiger partial charge in [-0.2, -0.15) is 0 Å². The maximum absolute atomic E-state index is 12.4. The molecule has 1 aliphatic carbocycles. The van der Waals surface area contributed by atoms with Crippen molar-refractivity contribution >= 4 is 15.7 Å². The van der Waals surface area contributed by atoms with Crippen molar-refractivity contribution in [3.05, 3.63) is 35.9 Å². The lowest BCUT2D eigenvalue weighted by Gasteiger charge is -2.32. The van der Waals surface area contributed by atoms with Gasteiger partial charge in [0.15, 0.2) is 9.84 Å². The van der Waals surface area contributed by atoms with Crippen LogP contribution in [0, 0.1) is 0 Å². The Kier molecular flexibility index (Phi) is 6.70. The Balaban J connectivity index is 1.38. The standard InChI is InChI=1S/C20H29NO4S/c22-20(12-15-26(23,24)19-8-4-5-9-19)21-13-10-18(11-14-21)25-16-17-6-2-1-3-7-17/h1-3,6-7,18-19H,4-5,8-16H2. The van der Waals surface area contributed by atoms with Gasteiger partial charge in [0, 0.05) is 19.5 Å². The van der Waals surface area contributed by atoms with Crippen LogP contribution in [0.25, 0.3) is 0 Å². The molecule has 6 heteroatoms. The van der Waals surface area contributed by atoms with Gasteiger partial charge in [-0.3, -0.25) is 4.79 Å². The molecule has 1 aliphatic heterocycles. The second-order valence-corrected chi connectivity index (χ2v) is 9.80. The van der Waals surface area contributed by atoms with Gasteiger partial charge in [0.25, 0.3) is 0 Å². The minimum absolute atomic E-state index is 0.000928. The van der Waals surface area contributed by atoms with Crippen molar-refractivity contribution in [2.45, 2.75) is 62.9 Å². The number of sulfone groups is 1. The van der Waals surface area contributed by atoms with Crippen molar-refractivity contribution in [3.8, 4) is 0 Å². The van der Waals surface area contributed by atoms with Gasteiger partial charge < -0.3 is 9.64 Å². The van der Waals surface area contributed by atoms with E-state index in [2.05, 4.69) is 0 Å². The van der Waals surface area contributed by atoms with Crippen molar-refractivity contribution in [1.82, 2.24) is 4.90 Å². The molecule has 0 radical (unpaired) electrons. The third kappa shape index (κ3) is 5.30. The predicted octanol–water partition coefficient (Wildman–Crippen LogP) is 2.94. The van der Waals surface area contributed by atoms with Crippen molar-refractivity contribution < 1.29 is 17.9 Å². The Hall–Kier alpha value is -1.40. The average Bonchev–Trinajstić information content (AvgIpc) is 3.22. The zero-order valence-corrected chi connectivity index (χ0v) is 16.1. The summed E-state index contributed by atoms with van der Waals surface area (Å²) < 4.78 is 30.5. The number of hydrogen-bond acceptors (Lipinski definition) is 4. The summed E-state index contributed by atoms with van der Waals surface area (Å²) in [5.74, 6) is -0.0333. The highest BCUT2D eigenvalue weighted by atomic mass is 32.2. The van der Waals surface area contributed by atoms with Crippen molar-refractivity contribution in [1.29, 1.82) is 0 Å². The summed E-state index contributed by atoms with van der Waals surface area (Å²) in [6.07, 6.45) is 5.43. The summed E-state index contributed by atoms with van der Waals surface area (Å²) in [6.45, 7) is 1.91. The van der Waals surface area contributed by atoms with Gasteiger partial charge in [-0.15, -0.1) is 0 Å². The Morgan fingerprint density at radius 3 is 2.35 bits per heavy atom. The molecule has 1 amide bonds. The van der Waals surface area contributed by atoms with E-state index in [4.69, 9.17) is 4.74 Å². The SMILES string of the molecule is O=C(CCS(=O)(=O)C1CCCC1)N1CCC(OCc2ccccc2)CC1. The van der Waals surface area contributed by atoms with E-state index in [-0.39, 0.29) is 29.4 Å². The van der Waals surface area contributed by atoms with E-state index in [1.165, 1.54) is 0 Å². The zero-order chi connectivity index (χ0) is 18.4. The molecule has 1 aromatic carbocycles. The maximum Gasteiger partial charge on any atom is 0.223 e. The van der Waals surface area contributed by atoms with Crippen LogP contribution in [0.3, 0.4) is 0 Å². The first-order valence-electron chi connectivity index (χ1n) is 9.69. The van der Waals surface area contributed by atoms with E-state index in [9.17, 15) is 13.2 Å². The molecule has 3 rings (SSSR count). The molecule has 2 aliphatic rings. The van der Waals surface area contributed by atoms with Gasteiger partial charge in [0.1, 0.15) is 0 Å². The zero-order valence-electron chi connectivity index (χ0n) is 15.3. The first kappa shape index (κ1) is 19.4. The topological polar surface area (TPSA) is 63.7 Å². The molecule has 1 saturated carbocycles. The molecule has 1 heterocycles. The van der Waals surface area contributed by atoms with E-state index >= 15 is 0 Å². The molecule has 26 heavy (non-hydrogen) atoms. The second kappa shape index (κ2) is 9.00. The van der Waals surface area contributed by atoms with E-state index in [1.54, 1.807) is 4.90 Å². The lowest BCUT2D eigenvalue weighted by Crippen LogP contribution is -2.41. The Morgan fingerprint density at radius 2 is 1.69 bits per heavy atom. The van der Waals surface area contributed by atoms with E-state index in [1.807, 2.05) is 30.3 Å². The minimum Gasteiger partial charge on any atom is -0.373 e. The number of ether oxygens (including phenoxy) is 1. The molecule has 0 unspecified atom stereocenters. The van der Waals surface area contributed by atoms with Crippen molar-refractivity contribution in [2.75, 3.05) is 18.8 Å². The molecule has 0 spiro atoms. The van der Waals surface area contributed by atoms with Crippen LogP contribution in [0.15, 0.2) is 30.3 Å². The molecule has 0 atom stereocenters. The molecule has 1 saturated heterocycles. The molecule has 2 fully saturated rings. The van der Waals surface area contributed by atoms with Crippen LogP contribution >= 0.6 is 0 Å². The fourth-order valence-electron chi connectivity index (χ4n) is 3.86. The maximum atomic E-state index is 12.4. The number of hydrogen-bond donors (Lipinski definition) is 0. The summed E-state index contributed by atoms with van der Waals surface area (Å²) in [4.78, 5) is 14.2. The third-order valence-electron chi connectivity index (χ3n) is 5.53. The quantitative estimate of drug-likeness (QED) is 0.731. The number of rotatable bonds is 7. The molecule has 0 aromatic heterocycles. The van der Waals surface area contributed by atoms with E-state index in [0.717, 1.165) is 44.1 Å². The molecular weight excluding hydrogens is 350 g/mol. The minimum atomic E-state index is -3.12. The van der Waals surface area contributed by atoms with Gasteiger partial charge in [0.05, 0.1) is 23.7 Å². The lowest BCUT2D eigenvalue weighted by molar-refractivity contribution is -0.133. The summed E-state index contributed by atoms with van der Waals surface area (Å²) in [5, 5.41) is -0.215.